The number of ether oxygens (including phenoxy) is 1. The summed E-state index contributed by atoms with van der Waals surface area (Å²) in [5.41, 5.74) is 0.260. The number of hydrogen-bond acceptors (Lipinski definition) is 5. The second-order valence-electron chi connectivity index (χ2n) is 4.25. The summed E-state index contributed by atoms with van der Waals surface area (Å²) < 4.78 is 29.9. The van der Waals surface area contributed by atoms with Gasteiger partial charge in [-0.2, -0.15) is 0 Å². The lowest BCUT2D eigenvalue weighted by Crippen LogP contribution is -2.09. The maximum atomic E-state index is 12.4. The molecule has 1 N–H and O–H groups in total. The molecule has 0 saturated carbocycles. The van der Waals surface area contributed by atoms with E-state index in [0.717, 1.165) is 6.07 Å². The van der Waals surface area contributed by atoms with Crippen LogP contribution in [0.25, 0.3) is 0 Å². The molecule has 0 spiro atoms. The monoisotopic (exact) mass is 307 g/mol. The molecule has 0 atom stereocenters. The number of carboxylic acid groups (broad SMARTS) is 1. The van der Waals surface area contributed by atoms with Gasteiger partial charge in [0.05, 0.1) is 24.1 Å². The fourth-order valence-corrected chi connectivity index (χ4v) is 3.29. The van der Waals surface area contributed by atoms with Crippen LogP contribution in [0.2, 0.25) is 0 Å². The van der Waals surface area contributed by atoms with Crippen LogP contribution in [0.1, 0.15) is 16.1 Å². The van der Waals surface area contributed by atoms with Crippen molar-refractivity contribution in [3.8, 4) is 5.75 Å². The fraction of sp³-hybridized carbons (Fsp3) is 0.143. The number of aromatic carboxylic acids is 1. The summed E-state index contributed by atoms with van der Waals surface area (Å²) in [6.07, 6.45) is 1.50. The number of carbonyl (C=O) groups is 1. The second-order valence-corrected chi connectivity index (χ2v) is 6.21. The van der Waals surface area contributed by atoms with Gasteiger partial charge in [-0.1, -0.05) is 6.07 Å². The maximum absolute atomic E-state index is 12.4. The third kappa shape index (κ3) is 3.38. The van der Waals surface area contributed by atoms with Crippen molar-refractivity contribution < 1.29 is 23.1 Å². The number of carboxylic acids is 1. The molecule has 0 aliphatic heterocycles. The highest BCUT2D eigenvalue weighted by atomic mass is 32.2. The molecule has 0 unspecified atom stereocenters. The van der Waals surface area contributed by atoms with Gasteiger partial charge in [0.1, 0.15) is 10.6 Å². The van der Waals surface area contributed by atoms with Crippen molar-refractivity contribution in [3.63, 3.8) is 0 Å². The second kappa shape index (κ2) is 5.92. The van der Waals surface area contributed by atoms with Gasteiger partial charge in [-0.15, -0.1) is 0 Å². The number of benzene rings is 1. The quantitative estimate of drug-likeness (QED) is 0.904. The van der Waals surface area contributed by atoms with Gasteiger partial charge in [-0.05, 0) is 30.3 Å². The Hall–Kier alpha value is -2.41. The van der Waals surface area contributed by atoms with Crippen molar-refractivity contribution >= 4 is 15.8 Å². The predicted octanol–water partition coefficient (Wildman–Crippen LogP) is 1.76. The standard InChI is InChI=1S/C14H13NO5S/c1-20-12-6-5-10(14(16)17)8-13(12)21(18,19)9-11-4-2-3-7-15-11/h2-8H,9H2,1H3,(H,16,17). The highest BCUT2D eigenvalue weighted by Gasteiger charge is 2.22. The summed E-state index contributed by atoms with van der Waals surface area (Å²) in [4.78, 5) is 14.8. The topological polar surface area (TPSA) is 93.6 Å². The zero-order valence-electron chi connectivity index (χ0n) is 11.2. The van der Waals surface area contributed by atoms with Gasteiger partial charge >= 0.3 is 5.97 Å². The molecule has 6 nitrogen and oxygen atoms in total. The molecular formula is C14H13NO5S. The summed E-state index contributed by atoms with van der Waals surface area (Å²) in [5, 5.41) is 8.98. The average molecular weight is 307 g/mol. The van der Waals surface area contributed by atoms with Gasteiger partial charge in [0.2, 0.25) is 0 Å². The first kappa shape index (κ1) is 15.0. The Morgan fingerprint density at radius 3 is 2.62 bits per heavy atom. The van der Waals surface area contributed by atoms with Gasteiger partial charge in [0.15, 0.2) is 9.84 Å². The Labute approximate surface area is 121 Å². The molecule has 0 amide bonds. The number of nitrogens with zero attached hydrogens (tertiary/aromatic N) is 1. The van der Waals surface area contributed by atoms with Gasteiger partial charge in [0.25, 0.3) is 0 Å². The first-order valence-electron chi connectivity index (χ1n) is 5.98. The fourth-order valence-electron chi connectivity index (χ4n) is 1.81. The third-order valence-electron chi connectivity index (χ3n) is 2.81. The first-order chi connectivity index (χ1) is 9.94. The molecule has 7 heteroatoms. The van der Waals surface area contributed by atoms with Crippen LogP contribution in [0.5, 0.6) is 5.75 Å². The van der Waals surface area contributed by atoms with E-state index in [2.05, 4.69) is 4.98 Å². The van der Waals surface area contributed by atoms with E-state index in [1.807, 2.05) is 0 Å². The average Bonchev–Trinajstić information content (AvgIpc) is 2.47. The summed E-state index contributed by atoms with van der Waals surface area (Å²) >= 11 is 0. The number of hydrogen-bond donors (Lipinski definition) is 1. The first-order valence-corrected chi connectivity index (χ1v) is 7.63. The molecule has 0 aliphatic carbocycles. The van der Waals surface area contributed by atoms with E-state index in [4.69, 9.17) is 9.84 Å². The normalized spacial score (nSPS) is 11.1. The molecular weight excluding hydrogens is 294 g/mol. The summed E-state index contributed by atoms with van der Waals surface area (Å²) in [6.45, 7) is 0. The zero-order valence-corrected chi connectivity index (χ0v) is 12.0. The highest BCUT2D eigenvalue weighted by Crippen LogP contribution is 2.27. The smallest absolute Gasteiger partial charge is 0.335 e. The van der Waals surface area contributed by atoms with Crippen LogP contribution in [0.3, 0.4) is 0 Å². The molecule has 0 radical (unpaired) electrons. The highest BCUT2D eigenvalue weighted by molar-refractivity contribution is 7.90. The van der Waals surface area contributed by atoms with E-state index in [9.17, 15) is 13.2 Å². The Balaban J connectivity index is 2.48. The van der Waals surface area contributed by atoms with Crippen molar-refractivity contribution in [1.29, 1.82) is 0 Å². The molecule has 2 rings (SSSR count). The minimum absolute atomic E-state index is 0.107. The Morgan fingerprint density at radius 1 is 1.29 bits per heavy atom. The Bertz CT molecular complexity index is 756. The lowest BCUT2D eigenvalue weighted by atomic mass is 10.2. The van der Waals surface area contributed by atoms with E-state index in [1.54, 1.807) is 18.2 Å². The molecule has 2 aromatic rings. The molecule has 110 valence electrons. The van der Waals surface area contributed by atoms with Crippen LogP contribution >= 0.6 is 0 Å². The summed E-state index contributed by atoms with van der Waals surface area (Å²) in [6, 6.07) is 8.67. The molecule has 1 heterocycles. The van der Waals surface area contributed by atoms with Gasteiger partial charge in [-0.3, -0.25) is 4.98 Å². The van der Waals surface area contributed by atoms with Crippen molar-refractivity contribution in [3.05, 3.63) is 53.9 Å². The minimum atomic E-state index is -3.76. The third-order valence-corrected chi connectivity index (χ3v) is 4.47. The molecule has 0 bridgehead atoms. The molecule has 1 aromatic heterocycles. The van der Waals surface area contributed by atoms with Crippen LogP contribution in [-0.4, -0.2) is 31.6 Å². The van der Waals surface area contributed by atoms with Crippen LogP contribution in [-0.2, 0) is 15.6 Å². The number of pyridine rings is 1. The molecule has 0 fully saturated rings. The molecule has 0 saturated heterocycles. The van der Waals surface area contributed by atoms with Crippen LogP contribution < -0.4 is 4.74 Å². The zero-order chi connectivity index (χ0) is 15.5. The number of sulfone groups is 1. The van der Waals surface area contributed by atoms with Crippen LogP contribution in [0.15, 0.2) is 47.5 Å². The van der Waals surface area contributed by atoms with Crippen LogP contribution in [0, 0.1) is 0 Å². The Morgan fingerprint density at radius 2 is 2.05 bits per heavy atom. The van der Waals surface area contributed by atoms with Gasteiger partial charge in [0, 0.05) is 6.20 Å². The van der Waals surface area contributed by atoms with Gasteiger partial charge < -0.3 is 9.84 Å². The van der Waals surface area contributed by atoms with Crippen molar-refractivity contribution in [2.75, 3.05) is 7.11 Å². The summed E-state index contributed by atoms with van der Waals surface area (Å²) in [5.74, 6) is -1.42. The lowest BCUT2D eigenvalue weighted by molar-refractivity contribution is 0.0696. The van der Waals surface area contributed by atoms with E-state index in [-0.39, 0.29) is 22.0 Å². The van der Waals surface area contributed by atoms with Crippen LogP contribution in [0.4, 0.5) is 0 Å². The van der Waals surface area contributed by atoms with E-state index >= 15 is 0 Å². The minimum Gasteiger partial charge on any atom is -0.495 e. The van der Waals surface area contributed by atoms with E-state index in [0.29, 0.717) is 5.69 Å². The van der Waals surface area contributed by atoms with Crippen molar-refractivity contribution in [2.45, 2.75) is 10.6 Å². The Kier molecular flexibility index (Phi) is 4.23. The summed E-state index contributed by atoms with van der Waals surface area (Å²) in [7, 11) is -2.43. The molecule has 1 aromatic carbocycles. The van der Waals surface area contributed by atoms with Crippen molar-refractivity contribution in [2.24, 2.45) is 0 Å². The SMILES string of the molecule is COc1ccc(C(=O)O)cc1S(=O)(=O)Cc1ccccn1. The largest absolute Gasteiger partial charge is 0.495 e. The van der Waals surface area contributed by atoms with E-state index < -0.39 is 15.8 Å². The number of methoxy groups -OCH3 is 1. The van der Waals surface area contributed by atoms with Crippen molar-refractivity contribution in [1.82, 2.24) is 4.98 Å². The van der Waals surface area contributed by atoms with E-state index in [1.165, 1.54) is 25.4 Å². The predicted molar refractivity (Wildman–Crippen MR) is 75.1 cm³/mol. The lowest BCUT2D eigenvalue weighted by Gasteiger charge is -2.10. The molecule has 0 aliphatic rings. The van der Waals surface area contributed by atoms with Gasteiger partial charge in [-0.25, -0.2) is 13.2 Å². The molecule has 21 heavy (non-hydrogen) atoms. The maximum Gasteiger partial charge on any atom is 0.335 e. The number of rotatable bonds is 5. The number of aromatic nitrogens is 1.